The van der Waals surface area contributed by atoms with Gasteiger partial charge in [-0.1, -0.05) is 33.6 Å². The number of ether oxygens (including phenoxy) is 1. The van der Waals surface area contributed by atoms with Crippen molar-refractivity contribution in [1.29, 1.82) is 0 Å². The fraction of sp³-hybridized carbons (Fsp3) is 0.800. The molecule has 5 heteroatoms. The monoisotopic (exact) mass is 283 g/mol. The minimum absolute atomic E-state index is 0.00352. The molecule has 1 rings (SSSR count). The number of carbonyl (C=O) groups excluding carboxylic acids is 3. The van der Waals surface area contributed by atoms with Crippen molar-refractivity contribution in [2.75, 3.05) is 19.7 Å². The Morgan fingerprint density at radius 1 is 1.15 bits per heavy atom. The summed E-state index contributed by atoms with van der Waals surface area (Å²) < 4.78 is 4.97. The van der Waals surface area contributed by atoms with Gasteiger partial charge in [0.15, 0.2) is 12.4 Å². The molecule has 1 heterocycles. The fourth-order valence-electron chi connectivity index (χ4n) is 1.95. The van der Waals surface area contributed by atoms with Crippen LogP contribution in [0.2, 0.25) is 0 Å². The van der Waals surface area contributed by atoms with Gasteiger partial charge in [-0.15, -0.1) is 0 Å². The largest absolute Gasteiger partial charge is 0.456 e. The molecule has 0 radical (unpaired) electrons. The first kappa shape index (κ1) is 16.7. The van der Waals surface area contributed by atoms with Crippen LogP contribution in [0.1, 0.15) is 52.9 Å². The predicted molar refractivity (Wildman–Crippen MR) is 75.1 cm³/mol. The van der Waals surface area contributed by atoms with Crippen molar-refractivity contribution in [3.05, 3.63) is 0 Å². The maximum atomic E-state index is 11.9. The molecule has 114 valence electrons. The number of hydrogen-bond donors (Lipinski definition) is 0. The zero-order valence-corrected chi connectivity index (χ0v) is 12.7. The summed E-state index contributed by atoms with van der Waals surface area (Å²) in [5.74, 6) is -0.620. The second-order valence-electron chi connectivity index (χ2n) is 6.31. The van der Waals surface area contributed by atoms with Gasteiger partial charge in [0.2, 0.25) is 5.91 Å². The minimum Gasteiger partial charge on any atom is -0.456 e. The van der Waals surface area contributed by atoms with Crippen LogP contribution in [0.5, 0.6) is 0 Å². The average Bonchev–Trinajstić information content (AvgIpc) is 2.34. The SMILES string of the molecule is CC(C)(C)C(=O)COC(=O)CN1CCCCCCC1=O. The van der Waals surface area contributed by atoms with Gasteiger partial charge in [0.05, 0.1) is 0 Å². The zero-order chi connectivity index (χ0) is 15.2. The Morgan fingerprint density at radius 3 is 2.45 bits per heavy atom. The Balaban J connectivity index is 2.40. The van der Waals surface area contributed by atoms with Crippen molar-refractivity contribution in [3.63, 3.8) is 0 Å². The first-order chi connectivity index (χ1) is 9.30. The van der Waals surface area contributed by atoms with Crippen molar-refractivity contribution in [1.82, 2.24) is 4.90 Å². The van der Waals surface area contributed by atoms with Crippen LogP contribution in [-0.2, 0) is 19.1 Å². The number of esters is 1. The smallest absolute Gasteiger partial charge is 0.326 e. The molecule has 0 saturated carbocycles. The summed E-state index contributed by atoms with van der Waals surface area (Å²) in [5.41, 5.74) is -0.517. The second kappa shape index (κ2) is 7.41. The van der Waals surface area contributed by atoms with Gasteiger partial charge in [0.25, 0.3) is 0 Å². The van der Waals surface area contributed by atoms with Crippen LogP contribution in [-0.4, -0.2) is 42.3 Å². The molecule has 1 amide bonds. The Labute approximate surface area is 120 Å². The molecule has 1 aliphatic rings. The number of likely N-dealkylation sites (tertiary alicyclic amines) is 1. The van der Waals surface area contributed by atoms with Gasteiger partial charge >= 0.3 is 5.97 Å². The lowest BCUT2D eigenvalue weighted by atomic mass is 9.91. The molecular formula is C15H25NO4. The molecule has 1 saturated heterocycles. The van der Waals surface area contributed by atoms with Crippen LogP contribution in [0, 0.1) is 5.41 Å². The maximum absolute atomic E-state index is 11.9. The lowest BCUT2D eigenvalue weighted by Crippen LogP contribution is -2.38. The molecule has 0 bridgehead atoms. The van der Waals surface area contributed by atoms with E-state index in [1.54, 1.807) is 25.7 Å². The predicted octanol–water partition coefficient (Wildman–Crippen LogP) is 1.94. The molecule has 0 unspecified atom stereocenters. The lowest BCUT2D eigenvalue weighted by Gasteiger charge is -2.24. The third kappa shape index (κ3) is 5.72. The van der Waals surface area contributed by atoms with Gasteiger partial charge in [-0.05, 0) is 12.8 Å². The van der Waals surface area contributed by atoms with E-state index in [9.17, 15) is 14.4 Å². The molecule has 5 nitrogen and oxygen atoms in total. The highest BCUT2D eigenvalue weighted by molar-refractivity contribution is 5.87. The van der Waals surface area contributed by atoms with Gasteiger partial charge < -0.3 is 9.64 Å². The number of carbonyl (C=O) groups is 3. The number of amides is 1. The molecule has 20 heavy (non-hydrogen) atoms. The standard InChI is InChI=1S/C15H25NO4/c1-15(2,3)12(17)11-20-14(19)10-16-9-7-5-4-6-8-13(16)18/h4-11H2,1-3H3. The van der Waals surface area contributed by atoms with E-state index >= 15 is 0 Å². The van der Waals surface area contributed by atoms with Gasteiger partial charge in [0.1, 0.15) is 6.54 Å². The molecule has 0 N–H and O–H groups in total. The molecule has 1 aliphatic heterocycles. The zero-order valence-electron chi connectivity index (χ0n) is 12.7. The normalized spacial score (nSPS) is 17.4. The van der Waals surface area contributed by atoms with Crippen molar-refractivity contribution in [2.45, 2.75) is 52.9 Å². The summed E-state index contributed by atoms with van der Waals surface area (Å²) in [7, 11) is 0. The van der Waals surface area contributed by atoms with E-state index in [0.29, 0.717) is 13.0 Å². The number of rotatable bonds is 4. The summed E-state index contributed by atoms with van der Waals surface area (Å²) in [4.78, 5) is 36.8. The lowest BCUT2D eigenvalue weighted by molar-refractivity contribution is -0.153. The van der Waals surface area contributed by atoms with Crippen LogP contribution in [0.4, 0.5) is 0 Å². The van der Waals surface area contributed by atoms with Crippen LogP contribution < -0.4 is 0 Å². The second-order valence-corrected chi connectivity index (χ2v) is 6.31. The number of hydrogen-bond acceptors (Lipinski definition) is 4. The van der Waals surface area contributed by atoms with Gasteiger partial charge in [-0.3, -0.25) is 14.4 Å². The van der Waals surface area contributed by atoms with E-state index in [1.165, 1.54) is 0 Å². The van der Waals surface area contributed by atoms with Gasteiger partial charge in [-0.2, -0.15) is 0 Å². The van der Waals surface area contributed by atoms with Crippen LogP contribution in [0.3, 0.4) is 0 Å². The molecule has 0 aromatic heterocycles. The number of Topliss-reactive ketones (excluding diaryl/α,β-unsaturated/α-hetero) is 1. The number of nitrogens with zero attached hydrogens (tertiary/aromatic N) is 1. The first-order valence-corrected chi connectivity index (χ1v) is 7.27. The molecule has 1 fully saturated rings. The molecule has 0 aromatic rings. The molecular weight excluding hydrogens is 258 g/mol. The Morgan fingerprint density at radius 2 is 1.80 bits per heavy atom. The minimum atomic E-state index is -0.517. The molecule has 0 spiro atoms. The quantitative estimate of drug-likeness (QED) is 0.740. The Bertz CT molecular complexity index is 371. The Kier molecular flexibility index (Phi) is 6.17. The highest BCUT2D eigenvalue weighted by Crippen LogP contribution is 2.15. The van der Waals surface area contributed by atoms with Crippen LogP contribution in [0.25, 0.3) is 0 Å². The first-order valence-electron chi connectivity index (χ1n) is 7.27. The van der Waals surface area contributed by atoms with Crippen molar-refractivity contribution in [3.8, 4) is 0 Å². The highest BCUT2D eigenvalue weighted by Gasteiger charge is 2.24. The summed E-state index contributed by atoms with van der Waals surface area (Å²) in [6, 6.07) is 0. The van der Waals surface area contributed by atoms with Crippen molar-refractivity contribution in [2.24, 2.45) is 5.41 Å². The third-order valence-electron chi connectivity index (χ3n) is 3.44. The fourth-order valence-corrected chi connectivity index (χ4v) is 1.95. The summed E-state index contributed by atoms with van der Waals surface area (Å²) in [6.07, 6.45) is 4.45. The third-order valence-corrected chi connectivity index (χ3v) is 3.44. The number of ketones is 1. The van der Waals surface area contributed by atoms with E-state index in [4.69, 9.17) is 4.74 Å². The van der Waals surface area contributed by atoms with Gasteiger partial charge in [-0.25, -0.2) is 0 Å². The van der Waals surface area contributed by atoms with Crippen molar-refractivity contribution >= 4 is 17.7 Å². The van der Waals surface area contributed by atoms with E-state index in [0.717, 1.165) is 25.7 Å². The van der Waals surface area contributed by atoms with E-state index in [1.807, 2.05) is 0 Å². The molecule has 0 aromatic carbocycles. The summed E-state index contributed by atoms with van der Waals surface area (Å²) >= 11 is 0. The Hall–Kier alpha value is -1.39. The molecule has 0 atom stereocenters. The van der Waals surface area contributed by atoms with E-state index < -0.39 is 11.4 Å². The average molecular weight is 283 g/mol. The van der Waals surface area contributed by atoms with Crippen LogP contribution in [0.15, 0.2) is 0 Å². The highest BCUT2D eigenvalue weighted by atomic mass is 16.5. The molecule has 0 aliphatic carbocycles. The maximum Gasteiger partial charge on any atom is 0.326 e. The van der Waals surface area contributed by atoms with E-state index in [-0.39, 0.29) is 24.8 Å². The summed E-state index contributed by atoms with van der Waals surface area (Å²) in [5, 5.41) is 0. The van der Waals surface area contributed by atoms with Crippen molar-refractivity contribution < 1.29 is 19.1 Å². The summed E-state index contributed by atoms with van der Waals surface area (Å²) in [6.45, 7) is 5.68. The van der Waals surface area contributed by atoms with Gasteiger partial charge in [0, 0.05) is 18.4 Å². The topological polar surface area (TPSA) is 63.7 Å². The van der Waals surface area contributed by atoms with Crippen LogP contribution >= 0.6 is 0 Å². The van der Waals surface area contributed by atoms with E-state index in [2.05, 4.69) is 0 Å².